The third kappa shape index (κ3) is 9.69. The summed E-state index contributed by atoms with van der Waals surface area (Å²) in [5.74, 6) is 0.458. The van der Waals surface area contributed by atoms with E-state index in [-0.39, 0.29) is 0 Å². The van der Waals surface area contributed by atoms with Crippen LogP contribution >= 0.6 is 0 Å². The Balaban J connectivity index is 3.69. The lowest BCUT2D eigenvalue weighted by Crippen LogP contribution is -2.16. The lowest BCUT2D eigenvalue weighted by Gasteiger charge is -2.16. The summed E-state index contributed by atoms with van der Waals surface area (Å²) in [5.41, 5.74) is 0. The largest absolute Gasteiger partial charge is 0.377 e. The van der Waals surface area contributed by atoms with Crippen molar-refractivity contribution in [3.05, 3.63) is 38.0 Å². The minimum atomic E-state index is 0.458. The van der Waals surface area contributed by atoms with Crippen LogP contribution in [0.4, 0.5) is 0 Å². The first-order valence-corrected chi connectivity index (χ1v) is 5.83. The van der Waals surface area contributed by atoms with Crippen LogP contribution in [-0.2, 0) is 9.47 Å². The van der Waals surface area contributed by atoms with Crippen molar-refractivity contribution >= 4 is 0 Å². The molecule has 0 spiro atoms. The lowest BCUT2D eigenvalue weighted by atomic mass is 10.0. The van der Waals surface area contributed by atoms with Gasteiger partial charge in [0.25, 0.3) is 0 Å². The van der Waals surface area contributed by atoms with E-state index in [1.165, 1.54) is 0 Å². The first-order chi connectivity index (χ1) is 7.85. The van der Waals surface area contributed by atoms with Gasteiger partial charge in [0.2, 0.25) is 0 Å². The molecule has 0 atom stereocenters. The molecule has 0 radical (unpaired) electrons. The minimum Gasteiger partial charge on any atom is -0.377 e. The SMILES string of the molecule is C=CCCCC(COCC=C)COCC=C. The van der Waals surface area contributed by atoms with Gasteiger partial charge in [-0.15, -0.1) is 19.7 Å². The molecule has 0 aromatic heterocycles. The highest BCUT2D eigenvalue weighted by Crippen LogP contribution is 2.10. The first kappa shape index (κ1) is 15.1. The Morgan fingerprint density at radius 2 is 1.44 bits per heavy atom. The van der Waals surface area contributed by atoms with Crippen molar-refractivity contribution in [3.63, 3.8) is 0 Å². The van der Waals surface area contributed by atoms with Gasteiger partial charge in [0.05, 0.1) is 26.4 Å². The molecule has 0 bridgehead atoms. The quantitative estimate of drug-likeness (QED) is 0.374. The molecule has 0 fully saturated rings. The van der Waals surface area contributed by atoms with E-state index < -0.39 is 0 Å². The molecule has 0 heterocycles. The predicted molar refractivity (Wildman–Crippen MR) is 69.6 cm³/mol. The van der Waals surface area contributed by atoms with Crippen LogP contribution in [0, 0.1) is 5.92 Å². The number of rotatable bonds is 12. The lowest BCUT2D eigenvalue weighted by molar-refractivity contribution is 0.0543. The predicted octanol–water partition coefficient (Wildman–Crippen LogP) is 3.36. The Morgan fingerprint density at radius 1 is 0.875 bits per heavy atom. The van der Waals surface area contributed by atoms with Crippen LogP contribution in [-0.4, -0.2) is 26.4 Å². The van der Waals surface area contributed by atoms with Gasteiger partial charge in [0, 0.05) is 5.92 Å². The third-order valence-corrected chi connectivity index (χ3v) is 2.20. The van der Waals surface area contributed by atoms with Crippen molar-refractivity contribution in [1.29, 1.82) is 0 Å². The van der Waals surface area contributed by atoms with Gasteiger partial charge in [-0.1, -0.05) is 18.2 Å². The second kappa shape index (κ2) is 12.2. The van der Waals surface area contributed by atoms with E-state index in [9.17, 15) is 0 Å². The molecule has 0 aromatic rings. The Hall–Kier alpha value is -0.860. The zero-order valence-electron chi connectivity index (χ0n) is 10.2. The van der Waals surface area contributed by atoms with Crippen LogP contribution in [0.25, 0.3) is 0 Å². The van der Waals surface area contributed by atoms with Gasteiger partial charge in [0.1, 0.15) is 0 Å². The topological polar surface area (TPSA) is 18.5 Å². The highest BCUT2D eigenvalue weighted by Gasteiger charge is 2.08. The Morgan fingerprint density at radius 3 is 1.88 bits per heavy atom. The average Bonchev–Trinajstić information content (AvgIpc) is 2.29. The molecule has 2 nitrogen and oxygen atoms in total. The fourth-order valence-electron chi connectivity index (χ4n) is 1.40. The van der Waals surface area contributed by atoms with Gasteiger partial charge in [-0.2, -0.15) is 0 Å². The summed E-state index contributed by atoms with van der Waals surface area (Å²) in [7, 11) is 0. The van der Waals surface area contributed by atoms with Crippen LogP contribution in [0.15, 0.2) is 38.0 Å². The zero-order valence-corrected chi connectivity index (χ0v) is 10.2. The molecule has 16 heavy (non-hydrogen) atoms. The summed E-state index contributed by atoms with van der Waals surface area (Å²) < 4.78 is 10.9. The van der Waals surface area contributed by atoms with E-state index in [0.717, 1.165) is 32.5 Å². The second-order valence-electron chi connectivity index (χ2n) is 3.74. The molecular formula is C14H24O2. The van der Waals surface area contributed by atoms with Crippen molar-refractivity contribution in [3.8, 4) is 0 Å². The smallest absolute Gasteiger partial charge is 0.0644 e. The summed E-state index contributed by atoms with van der Waals surface area (Å²) in [6.45, 7) is 13.7. The van der Waals surface area contributed by atoms with Crippen LogP contribution in [0.2, 0.25) is 0 Å². The summed E-state index contributed by atoms with van der Waals surface area (Å²) in [6, 6.07) is 0. The molecule has 0 unspecified atom stereocenters. The summed E-state index contributed by atoms with van der Waals surface area (Å²) in [4.78, 5) is 0. The maximum atomic E-state index is 5.46. The highest BCUT2D eigenvalue weighted by molar-refractivity contribution is 4.70. The van der Waals surface area contributed by atoms with E-state index >= 15 is 0 Å². The van der Waals surface area contributed by atoms with Gasteiger partial charge >= 0.3 is 0 Å². The number of ether oxygens (including phenoxy) is 2. The van der Waals surface area contributed by atoms with E-state index in [4.69, 9.17) is 9.47 Å². The Kier molecular flexibility index (Phi) is 11.6. The van der Waals surface area contributed by atoms with Crippen LogP contribution < -0.4 is 0 Å². The molecule has 0 aromatic carbocycles. The third-order valence-electron chi connectivity index (χ3n) is 2.20. The van der Waals surface area contributed by atoms with Crippen LogP contribution in [0.5, 0.6) is 0 Å². The van der Waals surface area contributed by atoms with Crippen molar-refractivity contribution < 1.29 is 9.47 Å². The first-order valence-electron chi connectivity index (χ1n) is 5.83. The molecule has 92 valence electrons. The van der Waals surface area contributed by atoms with E-state index in [1.54, 1.807) is 12.2 Å². The average molecular weight is 224 g/mol. The standard InChI is InChI=1S/C14H24O2/c1-4-7-8-9-14(12-15-10-5-2)13-16-11-6-3/h4-6,14H,1-3,7-13H2. The number of unbranched alkanes of at least 4 members (excludes halogenated alkanes) is 1. The summed E-state index contributed by atoms with van der Waals surface area (Å²) >= 11 is 0. The Bertz CT molecular complexity index is 154. The maximum Gasteiger partial charge on any atom is 0.0644 e. The van der Waals surface area contributed by atoms with Crippen LogP contribution in [0.3, 0.4) is 0 Å². The molecule has 0 aliphatic carbocycles. The molecular weight excluding hydrogens is 200 g/mol. The number of hydrogen-bond acceptors (Lipinski definition) is 2. The summed E-state index contributed by atoms with van der Waals surface area (Å²) in [6.07, 6.45) is 8.80. The van der Waals surface area contributed by atoms with Gasteiger partial charge in [-0.3, -0.25) is 0 Å². The van der Waals surface area contributed by atoms with E-state index in [1.807, 2.05) is 6.08 Å². The van der Waals surface area contributed by atoms with Gasteiger partial charge in [-0.05, 0) is 19.3 Å². The molecule has 0 saturated carbocycles. The molecule has 0 aliphatic heterocycles. The highest BCUT2D eigenvalue weighted by atomic mass is 16.5. The van der Waals surface area contributed by atoms with Gasteiger partial charge in [0.15, 0.2) is 0 Å². The fourth-order valence-corrected chi connectivity index (χ4v) is 1.40. The molecule has 2 heteroatoms. The van der Waals surface area contributed by atoms with Crippen molar-refractivity contribution in [1.82, 2.24) is 0 Å². The molecule has 0 amide bonds. The number of allylic oxidation sites excluding steroid dienone is 1. The molecule has 0 saturated heterocycles. The monoisotopic (exact) mass is 224 g/mol. The van der Waals surface area contributed by atoms with E-state index in [2.05, 4.69) is 19.7 Å². The van der Waals surface area contributed by atoms with E-state index in [0.29, 0.717) is 19.1 Å². The zero-order chi connectivity index (χ0) is 12.1. The van der Waals surface area contributed by atoms with Gasteiger partial charge < -0.3 is 9.47 Å². The van der Waals surface area contributed by atoms with Crippen molar-refractivity contribution in [2.45, 2.75) is 19.3 Å². The minimum absolute atomic E-state index is 0.458. The second-order valence-corrected chi connectivity index (χ2v) is 3.74. The van der Waals surface area contributed by atoms with Crippen molar-refractivity contribution in [2.24, 2.45) is 5.92 Å². The fraction of sp³-hybridized carbons (Fsp3) is 0.571. The molecule has 0 N–H and O–H groups in total. The normalized spacial score (nSPS) is 10.3. The van der Waals surface area contributed by atoms with Crippen molar-refractivity contribution in [2.75, 3.05) is 26.4 Å². The maximum absolute atomic E-state index is 5.46. The van der Waals surface area contributed by atoms with Crippen LogP contribution in [0.1, 0.15) is 19.3 Å². The van der Waals surface area contributed by atoms with Gasteiger partial charge in [-0.25, -0.2) is 0 Å². The molecule has 0 aliphatic rings. The molecule has 0 rings (SSSR count). The number of hydrogen-bond donors (Lipinski definition) is 0. The Labute approximate surface area is 99.6 Å². The summed E-state index contributed by atoms with van der Waals surface area (Å²) in [5, 5.41) is 0.